The minimum absolute atomic E-state index is 0.893. The fraction of sp³-hybridized carbons (Fsp3) is 1.00. The molecule has 2 aliphatic rings. The number of hydrogen-bond acceptors (Lipinski definition) is 2. The van der Waals surface area contributed by atoms with E-state index < -0.39 is 10.6 Å². The Morgan fingerprint density at radius 2 is 1.20 bits per heavy atom. The van der Waals surface area contributed by atoms with Gasteiger partial charge in [-0.25, -0.2) is 0 Å². The first-order valence-corrected chi connectivity index (χ1v) is 5.90. The molecule has 0 atom stereocenters. The molecule has 0 unspecified atom stereocenters. The van der Waals surface area contributed by atoms with Crippen molar-refractivity contribution in [2.24, 2.45) is 0 Å². The maximum atomic E-state index is 5.06. The average Bonchev–Trinajstić information content (AvgIpc) is 2.61. The van der Waals surface area contributed by atoms with E-state index >= 15 is 0 Å². The third kappa shape index (κ3) is 1.47. The quantitative estimate of drug-likeness (QED) is 0.404. The highest BCUT2D eigenvalue weighted by atomic mass is 32.3. The topological polar surface area (TPSA) is 25.1 Å². The van der Waals surface area contributed by atoms with Gasteiger partial charge in [-0.05, 0) is 12.8 Å². The van der Waals surface area contributed by atoms with E-state index in [4.69, 9.17) is 8.67 Å². The van der Waals surface area contributed by atoms with Crippen molar-refractivity contribution in [2.75, 3.05) is 11.5 Å². The Bertz CT molecular complexity index is 113. The second-order valence-corrected chi connectivity index (χ2v) is 5.63. The Morgan fingerprint density at radius 3 is 1.70 bits per heavy atom. The molecule has 0 bridgehead atoms. The van der Waals surface area contributed by atoms with Crippen molar-refractivity contribution in [3.05, 3.63) is 0 Å². The Morgan fingerprint density at radius 1 is 0.700 bits per heavy atom. The van der Waals surface area contributed by atoms with Crippen LogP contribution in [0.4, 0.5) is 0 Å². The lowest BCUT2D eigenvalue weighted by Gasteiger charge is -2.17. The summed E-state index contributed by atoms with van der Waals surface area (Å²) in [4.78, 5) is 0. The van der Waals surface area contributed by atoms with Gasteiger partial charge >= 0.3 is 0 Å². The summed E-state index contributed by atoms with van der Waals surface area (Å²) in [5.41, 5.74) is 0. The van der Waals surface area contributed by atoms with E-state index in [1.165, 1.54) is 43.6 Å². The average molecular weight is 162 g/mol. The molecule has 0 aromatic rings. The third-order valence-corrected chi connectivity index (χ3v) is 4.51. The monoisotopic (exact) mass is 162 g/mol. The van der Waals surface area contributed by atoms with Crippen LogP contribution in [0, 0.1) is 0 Å². The van der Waals surface area contributed by atoms with E-state index in [-0.39, 0.29) is 0 Å². The van der Waals surface area contributed by atoms with Crippen molar-refractivity contribution in [2.45, 2.75) is 32.1 Å². The smallest absolute Gasteiger partial charge is 0.0438 e. The van der Waals surface area contributed by atoms with Gasteiger partial charge in [0, 0.05) is 11.5 Å². The van der Waals surface area contributed by atoms with Gasteiger partial charge in [0.25, 0.3) is 0 Å². The van der Waals surface area contributed by atoms with Gasteiger partial charge < -0.3 is 0 Å². The zero-order valence-electron chi connectivity index (χ0n) is 6.17. The predicted octanol–water partition coefficient (Wildman–Crippen LogP) is 2.55. The molecule has 0 saturated carbocycles. The molecule has 0 aliphatic carbocycles. The van der Waals surface area contributed by atoms with Gasteiger partial charge in [0.15, 0.2) is 0 Å². The minimum atomic E-state index is -0.893. The summed E-state index contributed by atoms with van der Waals surface area (Å²) in [6, 6.07) is 0. The highest BCUT2D eigenvalue weighted by molar-refractivity contribution is 8.29. The van der Waals surface area contributed by atoms with Crippen molar-refractivity contribution in [1.29, 1.82) is 0 Å². The molecule has 3 heteroatoms. The highest BCUT2D eigenvalue weighted by Crippen LogP contribution is 2.66. The lowest BCUT2D eigenvalue weighted by atomic mass is 10.2. The van der Waals surface area contributed by atoms with Gasteiger partial charge in [-0.2, -0.15) is 0 Å². The molecule has 1 spiro atoms. The maximum absolute atomic E-state index is 5.06. The molecule has 0 amide bonds. The van der Waals surface area contributed by atoms with E-state index in [1.807, 2.05) is 0 Å². The maximum Gasteiger partial charge on any atom is 0.0438 e. The zero-order valence-corrected chi connectivity index (χ0v) is 6.99. The van der Waals surface area contributed by atoms with Crippen molar-refractivity contribution in [3.63, 3.8) is 0 Å². The van der Waals surface area contributed by atoms with E-state index in [0.717, 1.165) is 0 Å². The lowest BCUT2D eigenvalue weighted by Crippen LogP contribution is -1.99. The summed E-state index contributed by atoms with van der Waals surface area (Å²) in [5, 5.41) is 0. The first-order chi connectivity index (χ1) is 4.91. The van der Waals surface area contributed by atoms with Crippen LogP contribution < -0.4 is 0 Å². The van der Waals surface area contributed by atoms with E-state index in [9.17, 15) is 0 Å². The van der Waals surface area contributed by atoms with Crippen LogP contribution in [0.15, 0.2) is 0 Å². The molecule has 60 valence electrons. The van der Waals surface area contributed by atoms with Gasteiger partial charge in [-0.3, -0.25) is 0 Å². The van der Waals surface area contributed by atoms with Gasteiger partial charge in [0.2, 0.25) is 0 Å². The standard InChI is InChI=1S/C7H14O2S/c1-2-4-6-10(8-9-10)7-5-3-1/h1-7H2. The van der Waals surface area contributed by atoms with E-state index in [1.54, 1.807) is 0 Å². The SMILES string of the molecule is C1CCCS2(CCC1)OO2. The fourth-order valence-electron chi connectivity index (χ4n) is 1.45. The first-order valence-electron chi connectivity index (χ1n) is 4.08. The van der Waals surface area contributed by atoms with Crippen molar-refractivity contribution in [3.8, 4) is 0 Å². The van der Waals surface area contributed by atoms with Crippen LogP contribution in [0.25, 0.3) is 0 Å². The molecule has 2 rings (SSSR count). The van der Waals surface area contributed by atoms with Crippen LogP contribution in [0.5, 0.6) is 0 Å². The molecule has 2 nitrogen and oxygen atoms in total. The highest BCUT2D eigenvalue weighted by Gasteiger charge is 2.37. The summed E-state index contributed by atoms with van der Waals surface area (Å²) in [6.07, 6.45) is 6.79. The summed E-state index contributed by atoms with van der Waals surface area (Å²) in [5.74, 6) is 2.40. The van der Waals surface area contributed by atoms with E-state index in [2.05, 4.69) is 0 Å². The normalized spacial score (nSPS) is 34.4. The summed E-state index contributed by atoms with van der Waals surface area (Å²) < 4.78 is 10.1. The molecule has 2 fully saturated rings. The van der Waals surface area contributed by atoms with Crippen LogP contribution in [-0.4, -0.2) is 11.5 Å². The zero-order chi connectivity index (χ0) is 6.86. The second-order valence-electron chi connectivity index (χ2n) is 3.06. The molecule has 0 N–H and O–H groups in total. The van der Waals surface area contributed by atoms with Gasteiger partial charge in [-0.1, -0.05) is 19.3 Å². The van der Waals surface area contributed by atoms with Crippen LogP contribution in [-0.2, 0) is 8.67 Å². The molecule has 2 aliphatic heterocycles. The van der Waals surface area contributed by atoms with Crippen molar-refractivity contribution < 1.29 is 8.67 Å². The molecule has 2 heterocycles. The Labute approximate surface area is 63.6 Å². The molecule has 0 aromatic carbocycles. The van der Waals surface area contributed by atoms with Crippen LogP contribution in [0.1, 0.15) is 32.1 Å². The molecular formula is C7H14O2S. The predicted molar refractivity (Wildman–Crippen MR) is 42.6 cm³/mol. The lowest BCUT2D eigenvalue weighted by molar-refractivity contribution is 0.0850. The number of rotatable bonds is 0. The third-order valence-electron chi connectivity index (χ3n) is 2.17. The Kier molecular flexibility index (Phi) is 1.89. The summed E-state index contributed by atoms with van der Waals surface area (Å²) in [6.45, 7) is 0. The van der Waals surface area contributed by atoms with Gasteiger partial charge in [-0.15, -0.1) is 19.3 Å². The molecule has 0 radical (unpaired) electrons. The van der Waals surface area contributed by atoms with Crippen LogP contribution >= 0.6 is 10.6 Å². The Balaban J connectivity index is 1.84. The van der Waals surface area contributed by atoms with Crippen LogP contribution in [0.2, 0.25) is 0 Å². The van der Waals surface area contributed by atoms with Crippen molar-refractivity contribution >= 4 is 10.6 Å². The summed E-state index contributed by atoms with van der Waals surface area (Å²) >= 11 is 0. The molecule has 10 heavy (non-hydrogen) atoms. The second kappa shape index (κ2) is 2.72. The minimum Gasteiger partial charge on any atom is -0.127 e. The van der Waals surface area contributed by atoms with E-state index in [0.29, 0.717) is 0 Å². The molecule has 0 aromatic heterocycles. The fourth-order valence-corrected chi connectivity index (χ4v) is 3.53. The summed E-state index contributed by atoms with van der Waals surface area (Å²) in [7, 11) is -0.893. The number of hydrogen-bond donors (Lipinski definition) is 0. The van der Waals surface area contributed by atoms with Crippen molar-refractivity contribution in [1.82, 2.24) is 0 Å². The largest absolute Gasteiger partial charge is 0.127 e. The Hall–Kier alpha value is 0.270. The molecular weight excluding hydrogens is 148 g/mol. The van der Waals surface area contributed by atoms with Gasteiger partial charge in [0.1, 0.15) is 0 Å². The van der Waals surface area contributed by atoms with Gasteiger partial charge in [0.05, 0.1) is 0 Å². The first kappa shape index (κ1) is 6.95. The van der Waals surface area contributed by atoms with Crippen LogP contribution in [0.3, 0.4) is 0 Å². The molecule has 2 saturated heterocycles.